The number of anilines is 1. The fourth-order valence-corrected chi connectivity index (χ4v) is 2.27. The highest BCUT2D eigenvalue weighted by Gasteiger charge is 2.15. The highest BCUT2D eigenvalue weighted by Crippen LogP contribution is 2.28. The number of nitrogens with one attached hydrogen (secondary N) is 2. The lowest BCUT2D eigenvalue weighted by molar-refractivity contribution is 0.114. The number of ether oxygens (including phenoxy) is 3. The highest BCUT2D eigenvalue weighted by atomic mass is 32.1. The van der Waals surface area contributed by atoms with E-state index in [1.54, 1.807) is 14.2 Å². The van der Waals surface area contributed by atoms with E-state index in [2.05, 4.69) is 10.6 Å². The molecule has 1 atom stereocenters. The van der Waals surface area contributed by atoms with Gasteiger partial charge >= 0.3 is 0 Å². The molecule has 0 amide bonds. The molecule has 6 heteroatoms. The first-order valence-electron chi connectivity index (χ1n) is 6.61. The van der Waals surface area contributed by atoms with Crippen LogP contribution < -0.4 is 20.1 Å². The molecular weight excluding hydrogens is 276 g/mol. The van der Waals surface area contributed by atoms with E-state index < -0.39 is 0 Å². The number of hydrogen-bond donors (Lipinski definition) is 2. The van der Waals surface area contributed by atoms with Gasteiger partial charge in [0, 0.05) is 19.2 Å². The number of rotatable bonds is 5. The topological polar surface area (TPSA) is 51.8 Å². The third kappa shape index (κ3) is 3.98. The Morgan fingerprint density at radius 2 is 2.25 bits per heavy atom. The van der Waals surface area contributed by atoms with Crippen LogP contribution in [0, 0.1) is 0 Å². The van der Waals surface area contributed by atoms with Crippen LogP contribution in [0.4, 0.5) is 5.69 Å². The quantitative estimate of drug-likeness (QED) is 0.812. The van der Waals surface area contributed by atoms with Gasteiger partial charge in [0.15, 0.2) is 5.11 Å². The minimum absolute atomic E-state index is 0.257. The molecule has 1 aliphatic rings. The van der Waals surface area contributed by atoms with E-state index in [4.69, 9.17) is 26.4 Å². The summed E-state index contributed by atoms with van der Waals surface area (Å²) in [4.78, 5) is 0. The van der Waals surface area contributed by atoms with Gasteiger partial charge in [0.25, 0.3) is 0 Å². The average Bonchev–Trinajstić information content (AvgIpc) is 2.99. The van der Waals surface area contributed by atoms with Crippen molar-refractivity contribution < 1.29 is 14.2 Å². The maximum absolute atomic E-state index is 5.54. The molecule has 1 fully saturated rings. The van der Waals surface area contributed by atoms with Crippen LogP contribution in [-0.4, -0.2) is 38.6 Å². The Morgan fingerprint density at radius 3 is 2.90 bits per heavy atom. The molecule has 1 heterocycles. The van der Waals surface area contributed by atoms with Crippen molar-refractivity contribution in [3.8, 4) is 11.5 Å². The molecule has 110 valence electrons. The Hall–Kier alpha value is -1.53. The monoisotopic (exact) mass is 296 g/mol. The summed E-state index contributed by atoms with van der Waals surface area (Å²) in [6.07, 6.45) is 2.47. The van der Waals surface area contributed by atoms with Gasteiger partial charge < -0.3 is 24.8 Å². The molecule has 5 nitrogen and oxygen atoms in total. The lowest BCUT2D eigenvalue weighted by atomic mass is 10.2. The molecule has 0 saturated carbocycles. The number of benzene rings is 1. The fourth-order valence-electron chi connectivity index (χ4n) is 2.08. The van der Waals surface area contributed by atoms with Gasteiger partial charge in [-0.05, 0) is 37.2 Å². The van der Waals surface area contributed by atoms with Crippen molar-refractivity contribution in [1.82, 2.24) is 5.32 Å². The molecule has 0 aromatic heterocycles. The first-order chi connectivity index (χ1) is 9.72. The van der Waals surface area contributed by atoms with E-state index in [1.807, 2.05) is 18.2 Å². The van der Waals surface area contributed by atoms with E-state index in [1.165, 1.54) is 0 Å². The molecule has 2 rings (SSSR count). The van der Waals surface area contributed by atoms with E-state index in [0.717, 1.165) is 37.4 Å². The van der Waals surface area contributed by atoms with Gasteiger partial charge in [-0.2, -0.15) is 0 Å². The minimum atomic E-state index is 0.257. The van der Waals surface area contributed by atoms with Crippen LogP contribution in [0.3, 0.4) is 0 Å². The van der Waals surface area contributed by atoms with Gasteiger partial charge in [-0.3, -0.25) is 0 Å². The normalized spacial score (nSPS) is 17.6. The lowest BCUT2D eigenvalue weighted by Crippen LogP contribution is -2.34. The van der Waals surface area contributed by atoms with Gasteiger partial charge in [-0.1, -0.05) is 0 Å². The molecule has 1 aliphatic heterocycles. The molecule has 2 N–H and O–H groups in total. The Bertz CT molecular complexity index is 462. The molecule has 0 aliphatic carbocycles. The zero-order valence-corrected chi connectivity index (χ0v) is 12.6. The third-order valence-electron chi connectivity index (χ3n) is 3.17. The zero-order chi connectivity index (χ0) is 14.4. The first kappa shape index (κ1) is 14.9. The smallest absolute Gasteiger partial charge is 0.170 e. The lowest BCUT2D eigenvalue weighted by Gasteiger charge is -2.16. The Kier molecular flexibility index (Phi) is 5.43. The van der Waals surface area contributed by atoms with Gasteiger partial charge in [-0.25, -0.2) is 0 Å². The van der Waals surface area contributed by atoms with Crippen molar-refractivity contribution >= 4 is 23.0 Å². The van der Waals surface area contributed by atoms with Crippen LogP contribution >= 0.6 is 12.2 Å². The molecule has 1 saturated heterocycles. The van der Waals surface area contributed by atoms with Gasteiger partial charge in [-0.15, -0.1) is 0 Å². The SMILES string of the molecule is COc1ccc(NC(=S)NC[C@@H]2CCCO2)c(OC)c1. The van der Waals surface area contributed by atoms with E-state index in [0.29, 0.717) is 10.9 Å². The molecule has 0 radical (unpaired) electrons. The number of thiocarbonyl (C=S) groups is 1. The maximum atomic E-state index is 5.54. The third-order valence-corrected chi connectivity index (χ3v) is 3.42. The summed E-state index contributed by atoms with van der Waals surface area (Å²) >= 11 is 5.27. The van der Waals surface area contributed by atoms with Crippen molar-refractivity contribution in [1.29, 1.82) is 0 Å². The number of hydrogen-bond acceptors (Lipinski definition) is 4. The van der Waals surface area contributed by atoms with Crippen molar-refractivity contribution in [2.75, 3.05) is 32.7 Å². The molecule has 1 aromatic carbocycles. The molecule has 0 unspecified atom stereocenters. The largest absolute Gasteiger partial charge is 0.497 e. The van der Waals surface area contributed by atoms with Crippen LogP contribution in [0.25, 0.3) is 0 Å². The molecule has 20 heavy (non-hydrogen) atoms. The van der Waals surface area contributed by atoms with Gasteiger partial charge in [0.05, 0.1) is 26.0 Å². The van der Waals surface area contributed by atoms with Crippen molar-refractivity contribution in [2.24, 2.45) is 0 Å². The summed E-state index contributed by atoms with van der Waals surface area (Å²) in [7, 11) is 3.23. The van der Waals surface area contributed by atoms with Gasteiger partial charge in [0.1, 0.15) is 11.5 Å². The summed E-state index contributed by atoms with van der Waals surface area (Å²) in [5, 5.41) is 6.84. The predicted octanol–water partition coefficient (Wildman–Crippen LogP) is 2.17. The number of methoxy groups -OCH3 is 2. The van der Waals surface area contributed by atoms with E-state index in [-0.39, 0.29) is 6.10 Å². The maximum Gasteiger partial charge on any atom is 0.170 e. The van der Waals surface area contributed by atoms with Crippen molar-refractivity contribution in [3.05, 3.63) is 18.2 Å². The fraction of sp³-hybridized carbons (Fsp3) is 0.500. The van der Waals surface area contributed by atoms with Crippen molar-refractivity contribution in [2.45, 2.75) is 18.9 Å². The summed E-state index contributed by atoms with van der Waals surface area (Å²) < 4.78 is 16.0. The summed E-state index contributed by atoms with van der Waals surface area (Å²) in [6, 6.07) is 5.54. The summed E-state index contributed by atoms with van der Waals surface area (Å²) in [6.45, 7) is 1.57. The summed E-state index contributed by atoms with van der Waals surface area (Å²) in [5.74, 6) is 1.43. The Morgan fingerprint density at radius 1 is 1.40 bits per heavy atom. The Balaban J connectivity index is 1.89. The second kappa shape index (κ2) is 7.31. The van der Waals surface area contributed by atoms with E-state index >= 15 is 0 Å². The standard InChI is InChI=1S/C14H20N2O3S/c1-17-10-5-6-12(13(8-10)18-2)16-14(20)15-9-11-4-3-7-19-11/h5-6,8,11H,3-4,7,9H2,1-2H3,(H2,15,16,20)/t11-/m0/s1. The molecule has 0 bridgehead atoms. The summed E-state index contributed by atoms with van der Waals surface area (Å²) in [5.41, 5.74) is 0.804. The van der Waals surface area contributed by atoms with Gasteiger partial charge in [0.2, 0.25) is 0 Å². The minimum Gasteiger partial charge on any atom is -0.497 e. The first-order valence-corrected chi connectivity index (χ1v) is 7.02. The zero-order valence-electron chi connectivity index (χ0n) is 11.8. The molecular formula is C14H20N2O3S. The van der Waals surface area contributed by atoms with Crippen LogP contribution in [0.1, 0.15) is 12.8 Å². The van der Waals surface area contributed by atoms with Crippen LogP contribution in [-0.2, 0) is 4.74 Å². The second-order valence-corrected chi connectivity index (χ2v) is 4.94. The van der Waals surface area contributed by atoms with Crippen LogP contribution in [0.15, 0.2) is 18.2 Å². The predicted molar refractivity (Wildman–Crippen MR) is 82.7 cm³/mol. The van der Waals surface area contributed by atoms with Crippen LogP contribution in [0.2, 0.25) is 0 Å². The highest BCUT2D eigenvalue weighted by molar-refractivity contribution is 7.80. The Labute approximate surface area is 124 Å². The van der Waals surface area contributed by atoms with Crippen LogP contribution in [0.5, 0.6) is 11.5 Å². The molecule has 0 spiro atoms. The average molecular weight is 296 g/mol. The molecule has 1 aromatic rings. The second-order valence-electron chi connectivity index (χ2n) is 4.54. The van der Waals surface area contributed by atoms with E-state index in [9.17, 15) is 0 Å². The van der Waals surface area contributed by atoms with Crippen molar-refractivity contribution in [3.63, 3.8) is 0 Å².